The Morgan fingerprint density at radius 3 is 2.42 bits per heavy atom. The first kappa shape index (κ1) is 21.4. The van der Waals surface area contributed by atoms with Crippen molar-refractivity contribution < 1.29 is 18.9 Å². The van der Waals surface area contributed by atoms with Gasteiger partial charge >= 0.3 is 0 Å². The highest BCUT2D eigenvalue weighted by Crippen LogP contribution is 2.37. The lowest BCUT2D eigenvalue weighted by atomic mass is 10.1. The van der Waals surface area contributed by atoms with Gasteiger partial charge in [0.25, 0.3) is 0 Å². The number of nitrogens with two attached hydrogens (primary N) is 2. The predicted octanol–water partition coefficient (Wildman–Crippen LogP) is 2.37. The maximum atomic E-state index is 6.35. The fraction of sp³-hybridized carbons (Fsp3) is 0.478. The van der Waals surface area contributed by atoms with Gasteiger partial charge in [-0.05, 0) is 30.7 Å². The van der Waals surface area contributed by atoms with Crippen molar-refractivity contribution in [2.75, 3.05) is 74.9 Å². The van der Waals surface area contributed by atoms with E-state index in [-0.39, 0.29) is 12.2 Å². The minimum atomic E-state index is -0.108. The number of nitrogen functional groups attached to an aromatic ring is 2. The third-order valence-electron chi connectivity index (χ3n) is 5.91. The quantitative estimate of drug-likeness (QED) is 0.619. The second kappa shape index (κ2) is 9.53. The standard InChI is InChI=1S/C23H32N4O4/c1-28-11-9-27-15-23(31-22-14-17(25)4-6-19(22)27)20(29-2)7-8-26-10-12-30-21-13-16(24)3-5-18(21)26/h3-6,13-14,20,23H,7-12,15,24-25H2,1-2H3. The van der Waals surface area contributed by atoms with Crippen LogP contribution in [0.2, 0.25) is 0 Å². The molecule has 0 radical (unpaired) electrons. The molecule has 2 aliphatic heterocycles. The molecule has 168 valence electrons. The largest absolute Gasteiger partial charge is 0.489 e. The molecule has 8 nitrogen and oxygen atoms in total. The van der Waals surface area contributed by atoms with E-state index >= 15 is 0 Å². The van der Waals surface area contributed by atoms with E-state index in [0.29, 0.717) is 24.6 Å². The second-order valence-electron chi connectivity index (χ2n) is 7.95. The molecule has 2 aromatic carbocycles. The van der Waals surface area contributed by atoms with Crippen LogP contribution in [0.4, 0.5) is 22.7 Å². The van der Waals surface area contributed by atoms with Crippen molar-refractivity contribution >= 4 is 22.7 Å². The van der Waals surface area contributed by atoms with Crippen LogP contribution in [0.1, 0.15) is 6.42 Å². The summed E-state index contributed by atoms with van der Waals surface area (Å²) < 4.78 is 23.3. The lowest BCUT2D eigenvalue weighted by molar-refractivity contribution is -0.00241. The fourth-order valence-electron chi connectivity index (χ4n) is 4.27. The van der Waals surface area contributed by atoms with Gasteiger partial charge in [-0.3, -0.25) is 0 Å². The van der Waals surface area contributed by atoms with Gasteiger partial charge in [0, 0.05) is 50.8 Å². The van der Waals surface area contributed by atoms with Crippen molar-refractivity contribution in [3.63, 3.8) is 0 Å². The summed E-state index contributed by atoms with van der Waals surface area (Å²) in [6, 6.07) is 11.6. The number of hydrogen-bond acceptors (Lipinski definition) is 8. The molecule has 0 aliphatic carbocycles. The first-order valence-electron chi connectivity index (χ1n) is 10.7. The molecule has 0 fully saturated rings. The van der Waals surface area contributed by atoms with Gasteiger partial charge in [-0.2, -0.15) is 0 Å². The number of anilines is 4. The molecular weight excluding hydrogens is 396 g/mol. The Kier molecular flexibility index (Phi) is 6.58. The maximum absolute atomic E-state index is 6.35. The lowest BCUT2D eigenvalue weighted by Crippen LogP contribution is -2.49. The van der Waals surface area contributed by atoms with Gasteiger partial charge in [-0.15, -0.1) is 0 Å². The molecule has 2 atom stereocenters. The molecule has 4 rings (SSSR count). The van der Waals surface area contributed by atoms with Gasteiger partial charge in [0.15, 0.2) is 0 Å². The zero-order valence-corrected chi connectivity index (χ0v) is 18.3. The van der Waals surface area contributed by atoms with E-state index in [1.165, 1.54) is 0 Å². The number of benzene rings is 2. The summed E-state index contributed by atoms with van der Waals surface area (Å²) >= 11 is 0. The van der Waals surface area contributed by atoms with E-state index in [1.54, 1.807) is 14.2 Å². The first-order valence-corrected chi connectivity index (χ1v) is 10.7. The second-order valence-corrected chi connectivity index (χ2v) is 7.95. The smallest absolute Gasteiger partial charge is 0.145 e. The molecule has 2 aliphatic rings. The number of methoxy groups -OCH3 is 2. The monoisotopic (exact) mass is 428 g/mol. The topological polar surface area (TPSA) is 95.4 Å². The predicted molar refractivity (Wildman–Crippen MR) is 123 cm³/mol. The summed E-state index contributed by atoms with van der Waals surface area (Å²) in [6.07, 6.45) is 0.642. The number of ether oxygens (including phenoxy) is 4. The van der Waals surface area contributed by atoms with E-state index < -0.39 is 0 Å². The van der Waals surface area contributed by atoms with Crippen LogP contribution in [-0.4, -0.2) is 65.8 Å². The van der Waals surface area contributed by atoms with E-state index in [1.807, 2.05) is 36.4 Å². The zero-order valence-electron chi connectivity index (χ0n) is 18.3. The Labute approximate surface area is 183 Å². The summed E-state index contributed by atoms with van der Waals surface area (Å²) in [5.41, 5.74) is 15.4. The van der Waals surface area contributed by atoms with Crippen LogP contribution in [-0.2, 0) is 9.47 Å². The Morgan fingerprint density at radius 2 is 1.71 bits per heavy atom. The Morgan fingerprint density at radius 1 is 1.00 bits per heavy atom. The normalized spacial score (nSPS) is 18.6. The van der Waals surface area contributed by atoms with Crippen molar-refractivity contribution in [1.82, 2.24) is 0 Å². The molecular formula is C23H32N4O4. The van der Waals surface area contributed by atoms with Crippen molar-refractivity contribution in [3.05, 3.63) is 36.4 Å². The van der Waals surface area contributed by atoms with Crippen LogP contribution in [0.25, 0.3) is 0 Å². The van der Waals surface area contributed by atoms with Crippen LogP contribution >= 0.6 is 0 Å². The van der Waals surface area contributed by atoms with Gasteiger partial charge < -0.3 is 40.2 Å². The highest BCUT2D eigenvalue weighted by Gasteiger charge is 2.32. The summed E-state index contributed by atoms with van der Waals surface area (Å²) in [5, 5.41) is 0. The first-order chi connectivity index (χ1) is 15.1. The average molecular weight is 429 g/mol. The fourth-order valence-corrected chi connectivity index (χ4v) is 4.27. The molecule has 4 N–H and O–H groups in total. The third kappa shape index (κ3) is 4.75. The SMILES string of the molecule is COCCN1CC(C(CCN2CCOc3cc(N)ccc32)OC)Oc2cc(N)ccc21. The number of fused-ring (bicyclic) bond motifs is 2. The molecule has 0 amide bonds. The summed E-state index contributed by atoms with van der Waals surface area (Å²) in [6.45, 7) is 4.46. The summed E-state index contributed by atoms with van der Waals surface area (Å²) in [5.74, 6) is 1.63. The van der Waals surface area contributed by atoms with E-state index in [9.17, 15) is 0 Å². The van der Waals surface area contributed by atoms with Crippen molar-refractivity contribution in [2.45, 2.75) is 18.6 Å². The molecule has 2 aromatic rings. The van der Waals surface area contributed by atoms with Crippen molar-refractivity contribution in [1.29, 1.82) is 0 Å². The molecule has 0 bridgehead atoms. The number of rotatable bonds is 8. The van der Waals surface area contributed by atoms with Gasteiger partial charge in [0.2, 0.25) is 0 Å². The summed E-state index contributed by atoms with van der Waals surface area (Å²) in [7, 11) is 3.46. The van der Waals surface area contributed by atoms with Crippen molar-refractivity contribution in [2.24, 2.45) is 0 Å². The van der Waals surface area contributed by atoms with E-state index in [0.717, 1.165) is 55.5 Å². The van der Waals surface area contributed by atoms with Crippen molar-refractivity contribution in [3.8, 4) is 11.5 Å². The highest BCUT2D eigenvalue weighted by molar-refractivity contribution is 5.66. The van der Waals surface area contributed by atoms with Crippen LogP contribution in [0.5, 0.6) is 11.5 Å². The van der Waals surface area contributed by atoms with Crippen LogP contribution < -0.4 is 30.7 Å². The number of hydrogen-bond donors (Lipinski definition) is 2. The van der Waals surface area contributed by atoms with Crippen LogP contribution in [0, 0.1) is 0 Å². The van der Waals surface area contributed by atoms with Gasteiger partial charge in [-0.25, -0.2) is 0 Å². The van der Waals surface area contributed by atoms with E-state index in [4.69, 9.17) is 30.4 Å². The molecule has 0 saturated heterocycles. The lowest BCUT2D eigenvalue weighted by Gasteiger charge is -2.40. The van der Waals surface area contributed by atoms with Gasteiger partial charge in [0.05, 0.1) is 37.2 Å². The van der Waals surface area contributed by atoms with Crippen LogP contribution in [0.3, 0.4) is 0 Å². The maximum Gasteiger partial charge on any atom is 0.145 e. The zero-order chi connectivity index (χ0) is 21.8. The van der Waals surface area contributed by atoms with Crippen LogP contribution in [0.15, 0.2) is 36.4 Å². The van der Waals surface area contributed by atoms with Gasteiger partial charge in [0.1, 0.15) is 24.2 Å². The van der Waals surface area contributed by atoms with E-state index in [2.05, 4.69) is 9.80 Å². The molecule has 2 heterocycles. The third-order valence-corrected chi connectivity index (χ3v) is 5.91. The minimum absolute atomic E-state index is 0.0697. The Hall–Kier alpha value is -2.84. The highest BCUT2D eigenvalue weighted by atomic mass is 16.5. The average Bonchev–Trinajstić information content (AvgIpc) is 2.77. The molecule has 8 heteroatoms. The minimum Gasteiger partial charge on any atom is -0.489 e. The van der Waals surface area contributed by atoms with Gasteiger partial charge in [-0.1, -0.05) is 0 Å². The molecule has 0 spiro atoms. The number of nitrogens with zero attached hydrogens (tertiary/aromatic N) is 2. The Balaban J connectivity index is 1.47. The molecule has 31 heavy (non-hydrogen) atoms. The Bertz CT molecular complexity index is 894. The molecule has 0 saturated carbocycles. The summed E-state index contributed by atoms with van der Waals surface area (Å²) in [4.78, 5) is 4.60. The molecule has 0 aromatic heterocycles. The molecule has 2 unspecified atom stereocenters.